The molecule has 0 saturated heterocycles. The first-order chi connectivity index (χ1) is 15.6. The third-order valence-corrected chi connectivity index (χ3v) is 7.79. The van der Waals surface area contributed by atoms with Crippen molar-refractivity contribution in [2.45, 2.75) is 37.3 Å². The fraction of sp³-hybridized carbons (Fsp3) is 0.462. The van der Waals surface area contributed by atoms with Crippen LogP contribution in [0.15, 0.2) is 48.5 Å². The highest BCUT2D eigenvalue weighted by Gasteiger charge is 2.58. The quantitative estimate of drug-likeness (QED) is 0.520. The zero-order valence-electron chi connectivity index (χ0n) is 18.7. The zero-order valence-corrected chi connectivity index (χ0v) is 18.7. The molecule has 0 unspecified atom stereocenters. The van der Waals surface area contributed by atoms with E-state index in [1.165, 1.54) is 33.5 Å². The Hall–Kier alpha value is -3.02. The standard InChI is InChI=1S/C26H29NO5/c1-30-18-11-12-20-19(14-18)21-16-9-10-17(13-16)22(21)23(15-7-5-4-6-8-15)27(20)24(25(28)31-2)26(29)32-3/h4-8,11-12,14,16-17,21-24H,9-10,13H2,1-3H3/t16-,17+,21-,22-,23+/m0/s1. The van der Waals surface area contributed by atoms with Crippen LogP contribution in [0.5, 0.6) is 5.75 Å². The molecule has 3 aliphatic rings. The van der Waals surface area contributed by atoms with Gasteiger partial charge < -0.3 is 19.1 Å². The number of carbonyl (C=O) groups excluding carboxylic acids is 2. The van der Waals surface area contributed by atoms with Gasteiger partial charge in [0, 0.05) is 5.69 Å². The van der Waals surface area contributed by atoms with Crippen molar-refractivity contribution in [3.63, 3.8) is 0 Å². The van der Waals surface area contributed by atoms with Crippen molar-refractivity contribution in [1.82, 2.24) is 0 Å². The van der Waals surface area contributed by atoms with Gasteiger partial charge in [-0.1, -0.05) is 30.3 Å². The summed E-state index contributed by atoms with van der Waals surface area (Å²) in [4.78, 5) is 27.9. The van der Waals surface area contributed by atoms with Crippen LogP contribution >= 0.6 is 0 Å². The summed E-state index contributed by atoms with van der Waals surface area (Å²) in [6.45, 7) is 0. The van der Waals surface area contributed by atoms with Gasteiger partial charge in [0.1, 0.15) is 5.75 Å². The first-order valence-corrected chi connectivity index (χ1v) is 11.3. The molecule has 2 aromatic rings. The van der Waals surface area contributed by atoms with Crippen LogP contribution in [0, 0.1) is 17.8 Å². The van der Waals surface area contributed by atoms with Gasteiger partial charge in [-0.05, 0) is 72.3 Å². The van der Waals surface area contributed by atoms with E-state index in [9.17, 15) is 9.59 Å². The molecule has 6 heteroatoms. The van der Waals surface area contributed by atoms with Gasteiger partial charge in [0.15, 0.2) is 0 Å². The molecule has 0 N–H and O–H groups in total. The van der Waals surface area contributed by atoms with Crippen LogP contribution < -0.4 is 9.64 Å². The molecule has 2 bridgehead atoms. The van der Waals surface area contributed by atoms with Gasteiger partial charge in [-0.15, -0.1) is 0 Å². The smallest absolute Gasteiger partial charge is 0.340 e. The summed E-state index contributed by atoms with van der Waals surface area (Å²) in [7, 11) is 4.29. The molecule has 0 amide bonds. The minimum atomic E-state index is -1.18. The van der Waals surface area contributed by atoms with Gasteiger partial charge in [-0.25, -0.2) is 9.59 Å². The summed E-state index contributed by atoms with van der Waals surface area (Å²) in [6, 6.07) is 14.9. The number of rotatable bonds is 5. The van der Waals surface area contributed by atoms with Gasteiger partial charge in [0.05, 0.1) is 27.4 Å². The SMILES string of the molecule is COC(=O)C(C(=O)OC)N1c2ccc(OC)cc2[C@@H]2[C@H]3CC[C@H](C3)[C@@H]2[C@H]1c1ccccc1. The van der Waals surface area contributed by atoms with Gasteiger partial charge in [0.2, 0.25) is 6.04 Å². The van der Waals surface area contributed by atoms with Crippen molar-refractivity contribution in [2.75, 3.05) is 26.2 Å². The Morgan fingerprint density at radius 1 is 0.938 bits per heavy atom. The second-order valence-corrected chi connectivity index (χ2v) is 9.07. The van der Waals surface area contributed by atoms with E-state index >= 15 is 0 Å². The van der Waals surface area contributed by atoms with E-state index in [2.05, 4.69) is 18.2 Å². The van der Waals surface area contributed by atoms with Crippen molar-refractivity contribution >= 4 is 17.6 Å². The van der Waals surface area contributed by atoms with Crippen LogP contribution in [0.25, 0.3) is 0 Å². The van der Waals surface area contributed by atoms with Crippen molar-refractivity contribution in [2.24, 2.45) is 17.8 Å². The van der Waals surface area contributed by atoms with Crippen molar-refractivity contribution in [1.29, 1.82) is 0 Å². The molecular formula is C26H29NO5. The van der Waals surface area contributed by atoms with Gasteiger partial charge in [-0.2, -0.15) is 0 Å². The third kappa shape index (κ3) is 3.07. The van der Waals surface area contributed by atoms with Crippen LogP contribution in [-0.4, -0.2) is 39.3 Å². The monoisotopic (exact) mass is 435 g/mol. The van der Waals surface area contributed by atoms with Gasteiger partial charge >= 0.3 is 11.9 Å². The first-order valence-electron chi connectivity index (χ1n) is 11.3. The number of anilines is 1. The fourth-order valence-corrected chi connectivity index (χ4v) is 6.63. The summed E-state index contributed by atoms with van der Waals surface area (Å²) in [5, 5.41) is 0. The predicted molar refractivity (Wildman–Crippen MR) is 120 cm³/mol. The number of hydrogen-bond acceptors (Lipinski definition) is 6. The number of methoxy groups -OCH3 is 3. The number of esters is 2. The number of carbonyl (C=O) groups is 2. The van der Waals surface area contributed by atoms with E-state index in [0.717, 1.165) is 22.6 Å². The minimum Gasteiger partial charge on any atom is -0.497 e. The number of benzene rings is 2. The summed E-state index contributed by atoms with van der Waals surface area (Å²) >= 11 is 0. The summed E-state index contributed by atoms with van der Waals surface area (Å²) in [5.74, 6) is 1.40. The Morgan fingerprint density at radius 3 is 2.28 bits per heavy atom. The molecule has 1 aliphatic heterocycles. The second kappa shape index (κ2) is 8.15. The van der Waals surface area contributed by atoms with E-state index in [4.69, 9.17) is 14.2 Å². The summed E-state index contributed by atoms with van der Waals surface area (Å²) < 4.78 is 15.8. The third-order valence-electron chi connectivity index (χ3n) is 7.79. The molecule has 1 heterocycles. The Kier molecular flexibility index (Phi) is 5.31. The fourth-order valence-electron chi connectivity index (χ4n) is 6.63. The van der Waals surface area contributed by atoms with Crippen LogP contribution in [0.1, 0.15) is 42.3 Å². The van der Waals surface area contributed by atoms with E-state index in [-0.39, 0.29) is 6.04 Å². The molecule has 2 saturated carbocycles. The first kappa shape index (κ1) is 20.9. The minimum absolute atomic E-state index is 0.124. The number of ether oxygens (including phenoxy) is 3. The molecule has 0 aromatic heterocycles. The molecule has 0 radical (unpaired) electrons. The molecule has 168 valence electrons. The highest BCUT2D eigenvalue weighted by atomic mass is 16.5. The lowest BCUT2D eigenvalue weighted by molar-refractivity contribution is -0.154. The maximum atomic E-state index is 13.0. The molecule has 0 spiro atoms. The predicted octanol–water partition coefficient (Wildman–Crippen LogP) is 4.10. The lowest BCUT2D eigenvalue weighted by Crippen LogP contribution is -2.55. The summed E-state index contributed by atoms with van der Waals surface area (Å²) in [5.41, 5.74) is 3.15. The number of hydrogen-bond donors (Lipinski definition) is 0. The molecule has 6 nitrogen and oxygen atoms in total. The molecule has 2 fully saturated rings. The van der Waals surface area contributed by atoms with E-state index in [0.29, 0.717) is 23.7 Å². The zero-order chi connectivity index (χ0) is 22.4. The normalized spacial score (nSPS) is 27.6. The second-order valence-electron chi connectivity index (χ2n) is 9.07. The van der Waals surface area contributed by atoms with E-state index in [1.807, 2.05) is 35.2 Å². The molecular weight excluding hydrogens is 406 g/mol. The average molecular weight is 436 g/mol. The Labute approximate surface area is 188 Å². The van der Waals surface area contributed by atoms with E-state index in [1.54, 1.807) is 7.11 Å². The topological polar surface area (TPSA) is 65.1 Å². The molecule has 5 atom stereocenters. The van der Waals surface area contributed by atoms with Crippen LogP contribution in [-0.2, 0) is 19.1 Å². The van der Waals surface area contributed by atoms with Crippen molar-refractivity contribution in [3.05, 3.63) is 59.7 Å². The largest absolute Gasteiger partial charge is 0.497 e. The van der Waals surface area contributed by atoms with E-state index < -0.39 is 18.0 Å². The Balaban J connectivity index is 1.76. The lowest BCUT2D eigenvalue weighted by Gasteiger charge is -2.51. The van der Waals surface area contributed by atoms with Crippen LogP contribution in [0.3, 0.4) is 0 Å². The highest BCUT2D eigenvalue weighted by molar-refractivity contribution is 6.03. The Bertz CT molecular complexity index is 1010. The molecule has 5 rings (SSSR count). The van der Waals surface area contributed by atoms with Crippen molar-refractivity contribution in [3.8, 4) is 5.75 Å². The lowest BCUT2D eigenvalue weighted by atomic mass is 9.67. The van der Waals surface area contributed by atoms with Crippen LogP contribution in [0.2, 0.25) is 0 Å². The van der Waals surface area contributed by atoms with Crippen LogP contribution in [0.4, 0.5) is 5.69 Å². The molecule has 2 aliphatic carbocycles. The Morgan fingerprint density at radius 2 is 1.62 bits per heavy atom. The number of nitrogens with zero attached hydrogens (tertiary/aromatic N) is 1. The van der Waals surface area contributed by atoms with Crippen molar-refractivity contribution < 1.29 is 23.8 Å². The van der Waals surface area contributed by atoms with Gasteiger partial charge in [0.25, 0.3) is 0 Å². The maximum Gasteiger partial charge on any atom is 0.340 e. The molecule has 32 heavy (non-hydrogen) atoms. The average Bonchev–Trinajstić information content (AvgIpc) is 3.46. The number of fused-ring (bicyclic) bond motifs is 7. The van der Waals surface area contributed by atoms with Gasteiger partial charge in [-0.3, -0.25) is 0 Å². The maximum absolute atomic E-state index is 13.0. The summed E-state index contributed by atoms with van der Waals surface area (Å²) in [6.07, 6.45) is 3.59. The highest BCUT2D eigenvalue weighted by Crippen LogP contribution is 2.65. The molecule has 2 aromatic carbocycles.